The summed E-state index contributed by atoms with van der Waals surface area (Å²) in [6, 6.07) is 1.20. The summed E-state index contributed by atoms with van der Waals surface area (Å²) < 4.78 is 154. The predicted molar refractivity (Wildman–Crippen MR) is 93.8 cm³/mol. The largest absolute Gasteiger partial charge is 0.416 e. The van der Waals surface area contributed by atoms with Crippen LogP contribution in [-0.4, -0.2) is 6.21 Å². The average Bonchev–Trinajstić information content (AvgIpc) is 2.64. The number of halogens is 12. The third kappa shape index (κ3) is 7.43. The van der Waals surface area contributed by atoms with E-state index in [9.17, 15) is 52.7 Å². The molecule has 0 spiro atoms. The molecule has 2 nitrogen and oxygen atoms in total. The van der Waals surface area contributed by atoms with Crippen molar-refractivity contribution in [3.05, 3.63) is 70.9 Å². The van der Waals surface area contributed by atoms with Gasteiger partial charge < -0.3 is 5.32 Å². The highest BCUT2D eigenvalue weighted by atomic mass is 19.4. The molecule has 0 fully saturated rings. The van der Waals surface area contributed by atoms with Crippen LogP contribution in [0.3, 0.4) is 0 Å². The van der Waals surface area contributed by atoms with Gasteiger partial charge in [0.1, 0.15) is 0 Å². The Labute approximate surface area is 177 Å². The molecule has 2 aromatic carbocycles. The number of nitrogens with one attached hydrogen (secondary N) is 1. The number of alkyl halides is 12. The molecule has 0 aliphatic carbocycles. The monoisotopic (exact) mass is 494 g/mol. The van der Waals surface area contributed by atoms with Crippen molar-refractivity contribution in [3.63, 3.8) is 0 Å². The number of nitrogens with zero attached hydrogens (tertiary/aromatic N) is 1. The van der Waals surface area contributed by atoms with Gasteiger partial charge in [-0.3, -0.25) is 4.99 Å². The number of rotatable bonds is 4. The molecule has 1 N–H and O–H groups in total. The molecule has 0 aliphatic heterocycles. The summed E-state index contributed by atoms with van der Waals surface area (Å²) in [7, 11) is 0. The van der Waals surface area contributed by atoms with Gasteiger partial charge in [0, 0.05) is 18.1 Å². The van der Waals surface area contributed by atoms with Crippen LogP contribution in [0.5, 0.6) is 0 Å². The standard InChI is InChI=1S/C19H10F12N2/c20-16(21,22)10-4-11(17(23,24)25)7-14(6-10)32-2-1-3-33-15-8-12(18(26,27)28)5-13(9-15)19(29,30)31/h1-9,32H/b2-1-,33-3?. The van der Waals surface area contributed by atoms with Crippen molar-refractivity contribution in [1.82, 2.24) is 0 Å². The first-order valence-corrected chi connectivity index (χ1v) is 8.42. The minimum absolute atomic E-state index is 0.0950. The van der Waals surface area contributed by atoms with Gasteiger partial charge in [0.05, 0.1) is 27.9 Å². The summed E-state index contributed by atoms with van der Waals surface area (Å²) in [5, 5.41) is 2.10. The van der Waals surface area contributed by atoms with Crippen molar-refractivity contribution in [1.29, 1.82) is 0 Å². The Morgan fingerprint density at radius 2 is 0.909 bits per heavy atom. The van der Waals surface area contributed by atoms with Crippen LogP contribution in [0, 0.1) is 0 Å². The van der Waals surface area contributed by atoms with Crippen LogP contribution in [0.15, 0.2) is 53.7 Å². The summed E-state index contributed by atoms with van der Waals surface area (Å²) >= 11 is 0. The van der Waals surface area contributed by atoms with Gasteiger partial charge >= 0.3 is 24.7 Å². The molecule has 0 amide bonds. The average molecular weight is 494 g/mol. The maximum Gasteiger partial charge on any atom is 0.416 e. The first-order valence-electron chi connectivity index (χ1n) is 8.42. The van der Waals surface area contributed by atoms with E-state index in [1.165, 1.54) is 0 Å². The summed E-state index contributed by atoms with van der Waals surface area (Å²) in [5.74, 6) is 0. The molecule has 2 rings (SSSR count). The van der Waals surface area contributed by atoms with Crippen LogP contribution in [0.4, 0.5) is 64.1 Å². The molecular weight excluding hydrogens is 484 g/mol. The summed E-state index contributed by atoms with van der Waals surface area (Å²) in [4.78, 5) is 3.39. The normalized spacial score (nSPS) is 13.8. The van der Waals surface area contributed by atoms with Gasteiger partial charge in [-0.25, -0.2) is 0 Å². The molecule has 33 heavy (non-hydrogen) atoms. The smallest absolute Gasteiger partial charge is 0.362 e. The number of benzene rings is 2. The molecule has 180 valence electrons. The van der Waals surface area contributed by atoms with Gasteiger partial charge in [0.2, 0.25) is 0 Å². The van der Waals surface area contributed by atoms with Gasteiger partial charge in [-0.2, -0.15) is 52.7 Å². The Morgan fingerprint density at radius 1 is 0.545 bits per heavy atom. The predicted octanol–water partition coefficient (Wildman–Crippen LogP) is 8.09. The first-order chi connectivity index (χ1) is 14.9. The third-order valence-corrected chi connectivity index (χ3v) is 3.82. The fourth-order valence-electron chi connectivity index (χ4n) is 2.37. The Bertz CT molecular complexity index is 976. The van der Waals surface area contributed by atoms with Crippen molar-refractivity contribution in [2.45, 2.75) is 24.7 Å². The SMILES string of the molecule is FC(F)(F)c1cc(N=C/C=C\Nc2cc(C(F)(F)F)cc(C(F)(F)F)c2)cc(C(F)(F)F)c1. The van der Waals surface area contributed by atoms with Crippen molar-refractivity contribution >= 4 is 17.6 Å². The minimum atomic E-state index is -5.09. The molecule has 0 bridgehead atoms. The summed E-state index contributed by atoms with van der Waals surface area (Å²) in [6.07, 6.45) is -18.0. The lowest BCUT2D eigenvalue weighted by Gasteiger charge is -2.14. The Balaban J connectivity index is 2.27. The number of aliphatic imine (C=N–C) groups is 1. The molecule has 0 unspecified atom stereocenters. The second kappa shape index (κ2) is 8.98. The number of anilines is 1. The van der Waals surface area contributed by atoms with Crippen molar-refractivity contribution in [3.8, 4) is 0 Å². The Kier molecular flexibility index (Phi) is 7.09. The van der Waals surface area contributed by atoms with Crippen LogP contribution in [0.2, 0.25) is 0 Å². The topological polar surface area (TPSA) is 24.4 Å². The van der Waals surface area contributed by atoms with Crippen LogP contribution < -0.4 is 5.32 Å². The molecule has 0 heterocycles. The lowest BCUT2D eigenvalue weighted by Crippen LogP contribution is -2.11. The Hall–Kier alpha value is -3.19. The molecule has 0 saturated heterocycles. The first kappa shape index (κ1) is 26.1. The minimum Gasteiger partial charge on any atom is -0.362 e. The van der Waals surface area contributed by atoms with Crippen LogP contribution in [-0.2, 0) is 24.7 Å². The van der Waals surface area contributed by atoms with E-state index >= 15 is 0 Å². The van der Waals surface area contributed by atoms with Crippen LogP contribution in [0.1, 0.15) is 22.3 Å². The van der Waals surface area contributed by atoms with E-state index < -0.39 is 58.3 Å². The van der Waals surface area contributed by atoms with Crippen molar-refractivity contribution < 1.29 is 52.7 Å². The van der Waals surface area contributed by atoms with Gasteiger partial charge in [-0.15, -0.1) is 0 Å². The van der Waals surface area contributed by atoms with Crippen molar-refractivity contribution in [2.24, 2.45) is 4.99 Å². The highest BCUT2D eigenvalue weighted by molar-refractivity contribution is 5.75. The molecule has 0 aliphatic rings. The summed E-state index contributed by atoms with van der Waals surface area (Å²) in [5.41, 5.74) is -7.78. The highest BCUT2D eigenvalue weighted by Crippen LogP contribution is 2.39. The maximum absolute atomic E-state index is 12.8. The fourth-order valence-corrected chi connectivity index (χ4v) is 2.37. The van der Waals surface area contributed by atoms with Gasteiger partial charge in [-0.05, 0) is 42.5 Å². The second-order valence-electron chi connectivity index (χ2n) is 6.34. The molecule has 0 radical (unpaired) electrons. The van der Waals surface area contributed by atoms with E-state index in [1.54, 1.807) is 0 Å². The molecular formula is C19H10F12N2. The zero-order valence-corrected chi connectivity index (χ0v) is 15.7. The molecule has 14 heteroatoms. The number of hydrogen-bond acceptors (Lipinski definition) is 2. The lowest BCUT2D eigenvalue weighted by molar-refractivity contribution is -0.144. The second-order valence-corrected chi connectivity index (χ2v) is 6.34. The number of hydrogen-bond donors (Lipinski definition) is 1. The third-order valence-electron chi connectivity index (χ3n) is 3.82. The van der Waals surface area contributed by atoms with E-state index in [0.717, 1.165) is 12.3 Å². The molecule has 0 aromatic heterocycles. The van der Waals surface area contributed by atoms with Gasteiger partial charge in [0.15, 0.2) is 0 Å². The maximum atomic E-state index is 12.8. The quantitative estimate of drug-likeness (QED) is 0.337. The van der Waals surface area contributed by atoms with E-state index in [4.69, 9.17) is 0 Å². The van der Waals surface area contributed by atoms with E-state index in [0.29, 0.717) is 30.5 Å². The van der Waals surface area contributed by atoms with E-state index in [1.807, 2.05) is 0 Å². The summed E-state index contributed by atoms with van der Waals surface area (Å²) in [6.45, 7) is 0. The van der Waals surface area contributed by atoms with E-state index in [-0.39, 0.29) is 12.1 Å². The Morgan fingerprint density at radius 3 is 1.27 bits per heavy atom. The zero-order chi connectivity index (χ0) is 25.2. The van der Waals surface area contributed by atoms with Crippen molar-refractivity contribution in [2.75, 3.05) is 5.32 Å². The molecule has 0 atom stereocenters. The molecule has 0 saturated carbocycles. The lowest BCUT2D eigenvalue weighted by atomic mass is 10.1. The van der Waals surface area contributed by atoms with Gasteiger partial charge in [0.25, 0.3) is 0 Å². The van der Waals surface area contributed by atoms with Crippen LogP contribution in [0.25, 0.3) is 0 Å². The van der Waals surface area contributed by atoms with Crippen LogP contribution >= 0.6 is 0 Å². The van der Waals surface area contributed by atoms with E-state index in [2.05, 4.69) is 10.3 Å². The highest BCUT2D eigenvalue weighted by Gasteiger charge is 2.38. The van der Waals surface area contributed by atoms with Gasteiger partial charge in [-0.1, -0.05) is 0 Å². The molecule has 2 aromatic rings. The zero-order valence-electron chi connectivity index (χ0n) is 15.7. The fraction of sp³-hybridized carbons (Fsp3) is 0.211. The number of allylic oxidation sites excluding steroid dienone is 1.